The van der Waals surface area contributed by atoms with Crippen LogP contribution in [0.15, 0.2) is 12.7 Å². The van der Waals surface area contributed by atoms with Crippen LogP contribution in [0.3, 0.4) is 0 Å². The van der Waals surface area contributed by atoms with Crippen LogP contribution in [-0.4, -0.2) is 18.5 Å². The molecule has 1 aliphatic carbocycles. The van der Waals surface area contributed by atoms with Crippen molar-refractivity contribution >= 4 is 0 Å². The lowest BCUT2D eigenvalue weighted by molar-refractivity contribution is -0.193. The lowest BCUT2D eigenvalue weighted by atomic mass is 9.84. The highest BCUT2D eigenvalue weighted by atomic mass is 16.7. The van der Waals surface area contributed by atoms with E-state index in [2.05, 4.69) is 13.5 Å². The second kappa shape index (κ2) is 4.03. The van der Waals surface area contributed by atoms with Gasteiger partial charge in [0.25, 0.3) is 0 Å². The van der Waals surface area contributed by atoms with E-state index in [1.807, 2.05) is 6.08 Å². The van der Waals surface area contributed by atoms with Crippen LogP contribution in [0.4, 0.5) is 0 Å². The first kappa shape index (κ1) is 10.2. The minimum Gasteiger partial charge on any atom is -0.347 e. The molecule has 2 aliphatic rings. The van der Waals surface area contributed by atoms with Crippen molar-refractivity contribution in [2.75, 3.05) is 6.61 Å². The Hall–Kier alpha value is -0.340. The van der Waals surface area contributed by atoms with E-state index in [1.54, 1.807) is 0 Å². The molecule has 1 saturated carbocycles. The highest BCUT2D eigenvalue weighted by molar-refractivity contribution is 4.90. The fourth-order valence-corrected chi connectivity index (χ4v) is 2.57. The Morgan fingerprint density at radius 3 is 2.57 bits per heavy atom. The summed E-state index contributed by atoms with van der Waals surface area (Å²) < 4.78 is 11.7. The zero-order chi connectivity index (χ0) is 10.0. The van der Waals surface area contributed by atoms with Gasteiger partial charge in [0, 0.05) is 5.92 Å². The molecule has 14 heavy (non-hydrogen) atoms. The van der Waals surface area contributed by atoms with Crippen LogP contribution < -0.4 is 0 Å². The lowest BCUT2D eigenvalue weighted by Crippen LogP contribution is -2.37. The third-order valence-electron chi connectivity index (χ3n) is 3.53. The van der Waals surface area contributed by atoms with Crippen molar-refractivity contribution in [3.8, 4) is 0 Å². The number of hydrogen-bond acceptors (Lipinski definition) is 2. The quantitative estimate of drug-likeness (QED) is 0.632. The van der Waals surface area contributed by atoms with Gasteiger partial charge < -0.3 is 9.47 Å². The van der Waals surface area contributed by atoms with Gasteiger partial charge >= 0.3 is 0 Å². The maximum atomic E-state index is 5.90. The fourth-order valence-electron chi connectivity index (χ4n) is 2.57. The van der Waals surface area contributed by atoms with Crippen molar-refractivity contribution < 1.29 is 9.47 Å². The third kappa shape index (κ3) is 1.86. The molecule has 80 valence electrons. The van der Waals surface area contributed by atoms with E-state index in [-0.39, 0.29) is 11.9 Å². The van der Waals surface area contributed by atoms with E-state index in [9.17, 15) is 0 Å². The molecule has 0 spiro atoms. The predicted octanol–water partition coefficient (Wildman–Crippen LogP) is 2.88. The Morgan fingerprint density at radius 2 is 2.00 bits per heavy atom. The molecule has 0 aromatic heterocycles. The van der Waals surface area contributed by atoms with Gasteiger partial charge in [0.2, 0.25) is 0 Å². The monoisotopic (exact) mass is 196 g/mol. The summed E-state index contributed by atoms with van der Waals surface area (Å²) in [6.07, 6.45) is 8.46. The second-order valence-corrected chi connectivity index (χ2v) is 4.55. The molecule has 0 N–H and O–H groups in total. The molecular weight excluding hydrogens is 176 g/mol. The summed E-state index contributed by atoms with van der Waals surface area (Å²) in [5, 5.41) is 0. The van der Waals surface area contributed by atoms with Crippen molar-refractivity contribution in [3.63, 3.8) is 0 Å². The lowest BCUT2D eigenvalue weighted by Gasteiger charge is -2.35. The predicted molar refractivity (Wildman–Crippen MR) is 56.0 cm³/mol. The Labute approximate surface area is 86.3 Å². The third-order valence-corrected chi connectivity index (χ3v) is 3.53. The first-order valence-corrected chi connectivity index (χ1v) is 5.69. The SMILES string of the molecule is C=CC1COC(C)(C2CCCCC2)O1. The van der Waals surface area contributed by atoms with Crippen LogP contribution in [0.1, 0.15) is 39.0 Å². The molecule has 1 heterocycles. The first-order valence-electron chi connectivity index (χ1n) is 5.69. The molecule has 2 fully saturated rings. The van der Waals surface area contributed by atoms with E-state index in [1.165, 1.54) is 32.1 Å². The Bertz CT molecular complexity index is 208. The van der Waals surface area contributed by atoms with E-state index < -0.39 is 0 Å². The van der Waals surface area contributed by atoms with Crippen LogP contribution in [0.25, 0.3) is 0 Å². The number of rotatable bonds is 2. The van der Waals surface area contributed by atoms with Gasteiger partial charge in [0.1, 0.15) is 6.10 Å². The van der Waals surface area contributed by atoms with Gasteiger partial charge in [-0.3, -0.25) is 0 Å². The molecule has 1 aliphatic heterocycles. The zero-order valence-electron chi connectivity index (χ0n) is 9.00. The normalized spacial score (nSPS) is 39.9. The van der Waals surface area contributed by atoms with Crippen LogP contribution >= 0.6 is 0 Å². The van der Waals surface area contributed by atoms with Gasteiger partial charge in [-0.1, -0.05) is 25.3 Å². The van der Waals surface area contributed by atoms with Crippen LogP contribution in [0.5, 0.6) is 0 Å². The molecule has 0 amide bonds. The molecule has 2 unspecified atom stereocenters. The summed E-state index contributed by atoms with van der Waals surface area (Å²) in [5.74, 6) is 0.250. The Kier molecular flexibility index (Phi) is 2.93. The summed E-state index contributed by atoms with van der Waals surface area (Å²) in [7, 11) is 0. The summed E-state index contributed by atoms with van der Waals surface area (Å²) in [6.45, 7) is 6.52. The van der Waals surface area contributed by atoms with E-state index in [0.717, 1.165) is 0 Å². The van der Waals surface area contributed by atoms with Crippen molar-refractivity contribution in [1.29, 1.82) is 0 Å². The fraction of sp³-hybridized carbons (Fsp3) is 0.833. The van der Waals surface area contributed by atoms with Crippen LogP contribution in [-0.2, 0) is 9.47 Å². The topological polar surface area (TPSA) is 18.5 Å². The largest absolute Gasteiger partial charge is 0.347 e. The van der Waals surface area contributed by atoms with E-state index >= 15 is 0 Å². The van der Waals surface area contributed by atoms with Gasteiger partial charge in [-0.05, 0) is 19.8 Å². The standard InChI is InChI=1S/C12H20O2/c1-3-11-9-13-12(2,14-11)10-7-5-4-6-8-10/h3,10-11H,1,4-9H2,2H3. The molecular formula is C12H20O2. The van der Waals surface area contributed by atoms with Crippen molar-refractivity contribution in [2.24, 2.45) is 5.92 Å². The zero-order valence-corrected chi connectivity index (χ0v) is 9.00. The highest BCUT2D eigenvalue weighted by Gasteiger charge is 2.43. The van der Waals surface area contributed by atoms with Crippen molar-refractivity contribution in [3.05, 3.63) is 12.7 Å². The summed E-state index contributed by atoms with van der Waals surface area (Å²) in [4.78, 5) is 0. The molecule has 2 nitrogen and oxygen atoms in total. The van der Waals surface area contributed by atoms with E-state index in [0.29, 0.717) is 12.5 Å². The average molecular weight is 196 g/mol. The highest BCUT2D eigenvalue weighted by Crippen LogP contribution is 2.39. The average Bonchev–Trinajstić information content (AvgIpc) is 2.63. The van der Waals surface area contributed by atoms with Gasteiger partial charge in [-0.25, -0.2) is 0 Å². The second-order valence-electron chi connectivity index (χ2n) is 4.55. The molecule has 2 atom stereocenters. The van der Waals surface area contributed by atoms with Gasteiger partial charge in [-0.2, -0.15) is 0 Å². The minimum atomic E-state index is -0.334. The molecule has 0 bridgehead atoms. The number of hydrogen-bond donors (Lipinski definition) is 0. The summed E-state index contributed by atoms with van der Waals surface area (Å²) in [6, 6.07) is 0. The van der Waals surface area contributed by atoms with Gasteiger partial charge in [0.05, 0.1) is 6.61 Å². The van der Waals surface area contributed by atoms with Crippen LogP contribution in [0.2, 0.25) is 0 Å². The Morgan fingerprint density at radius 1 is 1.29 bits per heavy atom. The molecule has 2 heteroatoms. The van der Waals surface area contributed by atoms with Gasteiger partial charge in [-0.15, -0.1) is 6.58 Å². The summed E-state index contributed by atoms with van der Waals surface area (Å²) >= 11 is 0. The van der Waals surface area contributed by atoms with Crippen molar-refractivity contribution in [2.45, 2.75) is 50.9 Å². The maximum absolute atomic E-state index is 5.90. The molecule has 1 saturated heterocycles. The smallest absolute Gasteiger partial charge is 0.169 e. The molecule has 0 aromatic carbocycles. The number of ether oxygens (including phenoxy) is 2. The molecule has 0 radical (unpaired) electrons. The van der Waals surface area contributed by atoms with Crippen molar-refractivity contribution in [1.82, 2.24) is 0 Å². The summed E-state index contributed by atoms with van der Waals surface area (Å²) in [5.41, 5.74) is 0. The first-order chi connectivity index (χ1) is 6.74. The van der Waals surface area contributed by atoms with Crippen LogP contribution in [0, 0.1) is 5.92 Å². The minimum absolute atomic E-state index is 0.0990. The Balaban J connectivity index is 1.97. The maximum Gasteiger partial charge on any atom is 0.169 e. The molecule has 0 aromatic rings. The van der Waals surface area contributed by atoms with E-state index in [4.69, 9.17) is 9.47 Å². The van der Waals surface area contributed by atoms with Gasteiger partial charge in [0.15, 0.2) is 5.79 Å². The molecule has 2 rings (SSSR count).